The molecule has 0 aromatic carbocycles. The lowest BCUT2D eigenvalue weighted by molar-refractivity contribution is -0.169. The maximum atomic E-state index is 5.76. The van der Waals surface area contributed by atoms with Crippen LogP contribution in [0.1, 0.15) is 32.6 Å². The normalized spacial score (nSPS) is 20.9. The van der Waals surface area contributed by atoms with Crippen LogP contribution in [0.5, 0.6) is 0 Å². The Balaban J connectivity index is 1.58. The molecule has 0 unspecified atom stereocenters. The molecular formula is C15H24N4O2. The van der Waals surface area contributed by atoms with Gasteiger partial charge in [0.2, 0.25) is 0 Å². The SMILES string of the molecule is CCCCNc1cc(N2CCC3(CC2)OCCO3)ncn1. The molecule has 3 heterocycles. The van der Waals surface area contributed by atoms with Crippen molar-refractivity contribution in [3.63, 3.8) is 0 Å². The largest absolute Gasteiger partial charge is 0.370 e. The molecule has 21 heavy (non-hydrogen) atoms. The molecule has 0 amide bonds. The number of unbranched alkanes of at least 4 members (excludes halogenated alkanes) is 1. The van der Waals surface area contributed by atoms with E-state index in [4.69, 9.17) is 9.47 Å². The van der Waals surface area contributed by atoms with Crippen LogP contribution in [0.4, 0.5) is 11.6 Å². The first-order valence-electron chi connectivity index (χ1n) is 7.90. The fraction of sp³-hybridized carbons (Fsp3) is 0.733. The van der Waals surface area contributed by atoms with E-state index >= 15 is 0 Å². The molecule has 2 aliphatic heterocycles. The smallest absolute Gasteiger partial charge is 0.171 e. The number of nitrogens with zero attached hydrogens (tertiary/aromatic N) is 3. The molecule has 1 aromatic heterocycles. The zero-order valence-electron chi connectivity index (χ0n) is 12.7. The van der Waals surface area contributed by atoms with Crippen LogP contribution in [0.15, 0.2) is 12.4 Å². The first-order valence-corrected chi connectivity index (χ1v) is 7.90. The summed E-state index contributed by atoms with van der Waals surface area (Å²) in [7, 11) is 0. The zero-order valence-corrected chi connectivity index (χ0v) is 12.7. The van der Waals surface area contributed by atoms with Crippen LogP contribution in [0.3, 0.4) is 0 Å². The maximum Gasteiger partial charge on any atom is 0.171 e. The zero-order chi connectivity index (χ0) is 14.5. The molecule has 2 saturated heterocycles. The molecule has 0 saturated carbocycles. The number of piperidine rings is 1. The van der Waals surface area contributed by atoms with Gasteiger partial charge in [0.1, 0.15) is 18.0 Å². The molecular weight excluding hydrogens is 268 g/mol. The molecule has 0 aliphatic carbocycles. The number of hydrogen-bond acceptors (Lipinski definition) is 6. The second-order valence-electron chi connectivity index (χ2n) is 5.64. The summed E-state index contributed by atoms with van der Waals surface area (Å²) in [5.41, 5.74) is 0. The number of rotatable bonds is 5. The molecule has 1 spiro atoms. The summed E-state index contributed by atoms with van der Waals surface area (Å²) >= 11 is 0. The third kappa shape index (κ3) is 3.44. The van der Waals surface area contributed by atoms with Gasteiger partial charge in [0.15, 0.2) is 5.79 Å². The molecule has 2 fully saturated rings. The van der Waals surface area contributed by atoms with Crippen molar-refractivity contribution in [2.45, 2.75) is 38.4 Å². The van der Waals surface area contributed by atoms with Gasteiger partial charge in [-0.05, 0) is 6.42 Å². The van der Waals surface area contributed by atoms with Crippen molar-refractivity contribution < 1.29 is 9.47 Å². The first-order chi connectivity index (χ1) is 10.3. The van der Waals surface area contributed by atoms with E-state index in [0.29, 0.717) is 0 Å². The molecule has 116 valence electrons. The number of hydrogen-bond donors (Lipinski definition) is 1. The van der Waals surface area contributed by atoms with Gasteiger partial charge >= 0.3 is 0 Å². The molecule has 1 N–H and O–H groups in total. The summed E-state index contributed by atoms with van der Waals surface area (Å²) in [6, 6.07) is 2.03. The summed E-state index contributed by atoms with van der Waals surface area (Å²) in [6.07, 6.45) is 5.77. The third-order valence-electron chi connectivity index (χ3n) is 4.15. The lowest BCUT2D eigenvalue weighted by Gasteiger charge is -2.38. The van der Waals surface area contributed by atoms with Gasteiger partial charge < -0.3 is 19.7 Å². The highest BCUT2D eigenvalue weighted by atomic mass is 16.7. The standard InChI is InChI=1S/C15H24N4O2/c1-2-3-6-16-13-11-14(18-12-17-13)19-7-4-15(5-8-19)20-9-10-21-15/h11-12H,2-10H2,1H3,(H,16,17,18). The average molecular weight is 292 g/mol. The van der Waals surface area contributed by atoms with Gasteiger partial charge in [-0.1, -0.05) is 13.3 Å². The Morgan fingerprint density at radius 1 is 1.24 bits per heavy atom. The van der Waals surface area contributed by atoms with Crippen molar-refractivity contribution >= 4 is 11.6 Å². The van der Waals surface area contributed by atoms with Crippen molar-refractivity contribution in [3.8, 4) is 0 Å². The average Bonchev–Trinajstić information content (AvgIpc) is 2.97. The topological polar surface area (TPSA) is 59.5 Å². The Morgan fingerprint density at radius 2 is 2.00 bits per heavy atom. The molecule has 2 aliphatic rings. The van der Waals surface area contributed by atoms with Gasteiger partial charge in [-0.2, -0.15) is 0 Å². The summed E-state index contributed by atoms with van der Waals surface area (Å²) in [4.78, 5) is 11.0. The third-order valence-corrected chi connectivity index (χ3v) is 4.15. The molecule has 0 atom stereocenters. The van der Waals surface area contributed by atoms with Gasteiger partial charge in [0, 0.05) is 38.5 Å². The summed E-state index contributed by atoms with van der Waals surface area (Å²) in [5, 5.41) is 3.35. The van der Waals surface area contributed by atoms with Crippen molar-refractivity contribution in [3.05, 3.63) is 12.4 Å². The molecule has 3 rings (SSSR count). The van der Waals surface area contributed by atoms with E-state index in [2.05, 4.69) is 27.1 Å². The van der Waals surface area contributed by atoms with E-state index in [0.717, 1.165) is 63.7 Å². The molecule has 6 heteroatoms. The van der Waals surface area contributed by atoms with E-state index in [1.54, 1.807) is 6.33 Å². The van der Waals surface area contributed by atoms with Crippen LogP contribution >= 0.6 is 0 Å². The lowest BCUT2D eigenvalue weighted by Crippen LogP contribution is -2.45. The van der Waals surface area contributed by atoms with Crippen LogP contribution in [0.2, 0.25) is 0 Å². The highest BCUT2D eigenvalue weighted by Gasteiger charge is 2.40. The van der Waals surface area contributed by atoms with E-state index in [1.807, 2.05) is 6.07 Å². The van der Waals surface area contributed by atoms with E-state index in [-0.39, 0.29) is 5.79 Å². The van der Waals surface area contributed by atoms with Crippen LogP contribution < -0.4 is 10.2 Å². The maximum absolute atomic E-state index is 5.76. The number of aromatic nitrogens is 2. The highest BCUT2D eigenvalue weighted by molar-refractivity contribution is 5.48. The summed E-state index contributed by atoms with van der Waals surface area (Å²) in [6.45, 7) is 6.40. The minimum atomic E-state index is -0.328. The number of anilines is 2. The minimum Gasteiger partial charge on any atom is -0.370 e. The second-order valence-corrected chi connectivity index (χ2v) is 5.64. The lowest BCUT2D eigenvalue weighted by atomic mass is 10.0. The fourth-order valence-electron chi connectivity index (χ4n) is 2.87. The fourth-order valence-corrected chi connectivity index (χ4v) is 2.87. The van der Waals surface area contributed by atoms with Crippen molar-refractivity contribution in [2.75, 3.05) is 43.1 Å². The Labute approximate surface area is 125 Å². The van der Waals surface area contributed by atoms with Gasteiger partial charge in [0.05, 0.1) is 13.2 Å². The molecule has 0 bridgehead atoms. The number of ether oxygens (including phenoxy) is 2. The van der Waals surface area contributed by atoms with Gasteiger partial charge in [-0.15, -0.1) is 0 Å². The Hall–Kier alpha value is -1.40. The van der Waals surface area contributed by atoms with Gasteiger partial charge in [-0.3, -0.25) is 0 Å². The van der Waals surface area contributed by atoms with Crippen LogP contribution in [0.25, 0.3) is 0 Å². The monoisotopic (exact) mass is 292 g/mol. The Bertz CT molecular complexity index is 453. The summed E-state index contributed by atoms with van der Waals surface area (Å²) < 4.78 is 11.5. The van der Waals surface area contributed by atoms with E-state index < -0.39 is 0 Å². The molecule has 1 aromatic rings. The minimum absolute atomic E-state index is 0.328. The number of nitrogens with one attached hydrogen (secondary N) is 1. The quantitative estimate of drug-likeness (QED) is 0.838. The van der Waals surface area contributed by atoms with Crippen molar-refractivity contribution in [1.82, 2.24) is 9.97 Å². The predicted octanol–water partition coefficient (Wildman–Crippen LogP) is 2.03. The van der Waals surface area contributed by atoms with Crippen molar-refractivity contribution in [2.24, 2.45) is 0 Å². The van der Waals surface area contributed by atoms with E-state index in [1.165, 1.54) is 6.42 Å². The van der Waals surface area contributed by atoms with E-state index in [9.17, 15) is 0 Å². The van der Waals surface area contributed by atoms with Gasteiger partial charge in [0.25, 0.3) is 0 Å². The highest BCUT2D eigenvalue weighted by Crippen LogP contribution is 2.32. The second kappa shape index (κ2) is 6.58. The Morgan fingerprint density at radius 3 is 2.71 bits per heavy atom. The predicted molar refractivity (Wildman–Crippen MR) is 81.5 cm³/mol. The molecule has 6 nitrogen and oxygen atoms in total. The Kier molecular flexibility index (Phi) is 4.55. The summed E-state index contributed by atoms with van der Waals surface area (Å²) in [5.74, 6) is 1.56. The first kappa shape index (κ1) is 14.5. The molecule has 0 radical (unpaired) electrons. The van der Waals surface area contributed by atoms with Crippen LogP contribution in [0, 0.1) is 0 Å². The van der Waals surface area contributed by atoms with Crippen LogP contribution in [-0.2, 0) is 9.47 Å². The van der Waals surface area contributed by atoms with Crippen molar-refractivity contribution in [1.29, 1.82) is 0 Å². The van der Waals surface area contributed by atoms with Gasteiger partial charge in [-0.25, -0.2) is 9.97 Å². The van der Waals surface area contributed by atoms with Crippen LogP contribution in [-0.4, -0.2) is 48.6 Å².